The zero-order valence-corrected chi connectivity index (χ0v) is 21.1. The predicted molar refractivity (Wildman–Crippen MR) is 147 cm³/mol. The van der Waals surface area contributed by atoms with Crippen LogP contribution in [0.5, 0.6) is 0 Å². The van der Waals surface area contributed by atoms with Gasteiger partial charge in [-0.05, 0) is 42.3 Å². The summed E-state index contributed by atoms with van der Waals surface area (Å²) in [5, 5.41) is 9.69. The van der Waals surface area contributed by atoms with E-state index in [0.29, 0.717) is 16.8 Å². The van der Waals surface area contributed by atoms with E-state index in [1.807, 2.05) is 79.7 Å². The number of esters is 1. The molecular weight excluding hydrogens is 474 g/mol. The summed E-state index contributed by atoms with van der Waals surface area (Å²) in [6, 6.07) is 34.3. The fourth-order valence-electron chi connectivity index (χ4n) is 4.75. The molecule has 0 aliphatic heterocycles. The first-order valence-electron chi connectivity index (χ1n) is 12.2. The van der Waals surface area contributed by atoms with Crippen LogP contribution in [0.2, 0.25) is 0 Å². The first-order valence-corrected chi connectivity index (χ1v) is 12.2. The van der Waals surface area contributed by atoms with Crippen molar-refractivity contribution in [2.24, 2.45) is 0 Å². The highest BCUT2D eigenvalue weighted by Gasteiger charge is 2.25. The van der Waals surface area contributed by atoms with E-state index in [2.05, 4.69) is 6.07 Å². The lowest BCUT2D eigenvalue weighted by Crippen LogP contribution is -2.25. The molecule has 38 heavy (non-hydrogen) atoms. The van der Waals surface area contributed by atoms with E-state index in [1.165, 1.54) is 7.11 Å². The molecule has 5 rings (SSSR count). The van der Waals surface area contributed by atoms with Crippen molar-refractivity contribution < 1.29 is 9.53 Å². The molecule has 1 aromatic heterocycles. The number of benzene rings is 4. The van der Waals surface area contributed by atoms with Gasteiger partial charge in [0.25, 0.3) is 0 Å². The summed E-state index contributed by atoms with van der Waals surface area (Å²) in [6.07, 6.45) is 0. The molecule has 0 unspecified atom stereocenters. The Morgan fingerprint density at radius 1 is 0.842 bits per heavy atom. The van der Waals surface area contributed by atoms with Gasteiger partial charge in [0.1, 0.15) is 0 Å². The summed E-state index contributed by atoms with van der Waals surface area (Å²) in [7, 11) is 1.34. The SMILES string of the molecule is COC(=O)c1cccc(Cn2c(-c3ccccc3)c(-c3ccccc3)n(-c3cccc(C#N)c3C)c2=O)c1. The van der Waals surface area contributed by atoms with Gasteiger partial charge in [0.2, 0.25) is 0 Å². The van der Waals surface area contributed by atoms with E-state index in [1.54, 1.807) is 39.5 Å². The van der Waals surface area contributed by atoms with Crippen molar-refractivity contribution in [1.29, 1.82) is 5.26 Å². The average Bonchev–Trinajstić information content (AvgIpc) is 3.25. The maximum absolute atomic E-state index is 14.3. The van der Waals surface area contributed by atoms with Crippen molar-refractivity contribution in [3.05, 3.63) is 136 Å². The molecule has 0 saturated carbocycles. The van der Waals surface area contributed by atoms with Gasteiger partial charge in [0.05, 0.1) is 47.9 Å². The summed E-state index contributed by atoms with van der Waals surface area (Å²) in [5.74, 6) is -0.436. The molecule has 1 heterocycles. The van der Waals surface area contributed by atoms with Crippen LogP contribution in [0, 0.1) is 18.3 Å². The van der Waals surface area contributed by atoms with Crippen molar-refractivity contribution in [3.63, 3.8) is 0 Å². The largest absolute Gasteiger partial charge is 0.465 e. The van der Waals surface area contributed by atoms with Gasteiger partial charge in [0, 0.05) is 11.1 Å². The van der Waals surface area contributed by atoms with Crippen molar-refractivity contribution in [3.8, 4) is 34.3 Å². The van der Waals surface area contributed by atoms with E-state index in [0.717, 1.165) is 33.6 Å². The minimum absolute atomic E-state index is 0.234. The van der Waals surface area contributed by atoms with Gasteiger partial charge in [-0.15, -0.1) is 0 Å². The lowest BCUT2D eigenvalue weighted by molar-refractivity contribution is 0.0600. The fraction of sp³-hybridized carbons (Fsp3) is 0.0938. The second-order valence-corrected chi connectivity index (χ2v) is 8.89. The highest BCUT2D eigenvalue weighted by molar-refractivity contribution is 5.89. The van der Waals surface area contributed by atoms with Gasteiger partial charge >= 0.3 is 11.7 Å². The Hall–Kier alpha value is -5.15. The number of nitriles is 1. The average molecular weight is 500 g/mol. The number of carbonyl (C=O) groups excluding carboxylic acids is 1. The van der Waals surface area contributed by atoms with E-state index in [9.17, 15) is 14.9 Å². The molecule has 0 amide bonds. The van der Waals surface area contributed by atoms with Crippen molar-refractivity contribution in [2.45, 2.75) is 13.5 Å². The highest BCUT2D eigenvalue weighted by atomic mass is 16.5. The molecule has 0 atom stereocenters. The molecule has 6 nitrogen and oxygen atoms in total. The second kappa shape index (κ2) is 10.5. The zero-order chi connectivity index (χ0) is 26.6. The first kappa shape index (κ1) is 24.5. The number of hydrogen-bond acceptors (Lipinski definition) is 4. The lowest BCUT2D eigenvalue weighted by Gasteiger charge is -2.13. The van der Waals surface area contributed by atoms with Crippen LogP contribution < -0.4 is 5.69 Å². The quantitative estimate of drug-likeness (QED) is 0.269. The van der Waals surface area contributed by atoms with Crippen molar-refractivity contribution in [1.82, 2.24) is 9.13 Å². The monoisotopic (exact) mass is 499 g/mol. The molecule has 0 aliphatic carbocycles. The number of nitrogens with zero attached hydrogens (tertiary/aromatic N) is 3. The van der Waals surface area contributed by atoms with E-state index < -0.39 is 5.97 Å². The van der Waals surface area contributed by atoms with Crippen LogP contribution in [0.3, 0.4) is 0 Å². The molecule has 5 aromatic rings. The third kappa shape index (κ3) is 4.42. The number of carbonyl (C=O) groups is 1. The van der Waals surface area contributed by atoms with Crippen LogP contribution in [0.15, 0.2) is 108 Å². The number of methoxy groups -OCH3 is 1. The third-order valence-corrected chi connectivity index (χ3v) is 6.59. The summed E-state index contributed by atoms with van der Waals surface area (Å²) < 4.78 is 8.32. The number of rotatable bonds is 6. The number of ether oxygens (including phenoxy) is 1. The van der Waals surface area contributed by atoms with Gasteiger partial charge < -0.3 is 4.74 Å². The molecule has 6 heteroatoms. The summed E-state index contributed by atoms with van der Waals surface area (Å²) in [5.41, 5.74) is 6.04. The Bertz CT molecular complexity index is 1730. The first-order chi connectivity index (χ1) is 18.5. The van der Waals surface area contributed by atoms with Crippen LogP contribution in [0.4, 0.5) is 0 Å². The van der Waals surface area contributed by atoms with Gasteiger partial charge in [-0.25, -0.2) is 9.59 Å². The molecule has 4 aromatic carbocycles. The summed E-state index contributed by atoms with van der Waals surface area (Å²) in [4.78, 5) is 26.5. The molecule has 0 fully saturated rings. The van der Waals surface area contributed by atoms with Crippen LogP contribution in [0.1, 0.15) is 27.0 Å². The maximum Gasteiger partial charge on any atom is 0.337 e. The van der Waals surface area contributed by atoms with E-state index >= 15 is 0 Å². The van der Waals surface area contributed by atoms with Crippen LogP contribution >= 0.6 is 0 Å². The number of hydrogen-bond donors (Lipinski definition) is 0. The maximum atomic E-state index is 14.3. The van der Waals surface area contributed by atoms with Gasteiger partial charge in [-0.2, -0.15) is 5.26 Å². The minimum atomic E-state index is -0.436. The van der Waals surface area contributed by atoms with Gasteiger partial charge in [-0.1, -0.05) is 78.9 Å². The lowest BCUT2D eigenvalue weighted by atomic mass is 10.0. The van der Waals surface area contributed by atoms with Crippen molar-refractivity contribution >= 4 is 5.97 Å². The topological polar surface area (TPSA) is 77.0 Å². The van der Waals surface area contributed by atoms with E-state index in [-0.39, 0.29) is 12.2 Å². The molecule has 0 aliphatic rings. The Morgan fingerprint density at radius 2 is 1.47 bits per heavy atom. The Morgan fingerprint density at radius 3 is 2.11 bits per heavy atom. The normalized spacial score (nSPS) is 10.7. The van der Waals surface area contributed by atoms with Gasteiger partial charge in [0.15, 0.2) is 0 Å². The summed E-state index contributed by atoms with van der Waals surface area (Å²) >= 11 is 0. The Balaban J connectivity index is 1.85. The minimum Gasteiger partial charge on any atom is -0.465 e. The summed E-state index contributed by atoms with van der Waals surface area (Å²) in [6.45, 7) is 2.09. The standard InChI is InChI=1S/C32H25N3O3/c1-22-27(20-33)17-10-18-28(22)35-30(25-14-7-4-8-15-25)29(24-12-5-3-6-13-24)34(32(35)37)21-23-11-9-16-26(19-23)31(36)38-2/h3-19H,21H2,1-2H3. The highest BCUT2D eigenvalue weighted by Crippen LogP contribution is 2.35. The molecule has 0 spiro atoms. The number of aromatic nitrogens is 2. The molecule has 0 N–H and O–H groups in total. The molecule has 186 valence electrons. The zero-order valence-electron chi connectivity index (χ0n) is 21.1. The Labute approximate surface area is 220 Å². The third-order valence-electron chi connectivity index (χ3n) is 6.59. The smallest absolute Gasteiger partial charge is 0.337 e. The Kier molecular flexibility index (Phi) is 6.75. The van der Waals surface area contributed by atoms with Crippen molar-refractivity contribution in [2.75, 3.05) is 7.11 Å². The van der Waals surface area contributed by atoms with Crippen LogP contribution in [-0.2, 0) is 11.3 Å². The molecular formula is C32H25N3O3. The van der Waals surface area contributed by atoms with Gasteiger partial charge in [-0.3, -0.25) is 9.13 Å². The molecule has 0 bridgehead atoms. The predicted octanol–water partition coefficient (Wildman–Crippen LogP) is 5.99. The van der Waals surface area contributed by atoms with E-state index in [4.69, 9.17) is 4.74 Å². The van der Waals surface area contributed by atoms with Crippen LogP contribution in [-0.4, -0.2) is 22.2 Å². The fourth-order valence-corrected chi connectivity index (χ4v) is 4.75. The van der Waals surface area contributed by atoms with Crippen LogP contribution in [0.25, 0.3) is 28.2 Å². The molecule has 0 radical (unpaired) electrons. The number of imidazole rings is 1. The molecule has 0 saturated heterocycles. The second-order valence-electron chi connectivity index (χ2n) is 8.89.